The lowest BCUT2D eigenvalue weighted by Crippen LogP contribution is -2.62. The summed E-state index contributed by atoms with van der Waals surface area (Å²) in [6.45, 7) is 4.15. The van der Waals surface area contributed by atoms with Crippen LogP contribution in [0.1, 0.15) is 52.4 Å². The van der Waals surface area contributed by atoms with Crippen molar-refractivity contribution in [3.8, 4) is 0 Å². The first-order chi connectivity index (χ1) is 6.24. The first-order valence-electron chi connectivity index (χ1n) is 5.62. The third kappa shape index (κ3) is 1.09. The molecule has 4 fully saturated rings. The van der Waals surface area contributed by atoms with Crippen LogP contribution in [0.3, 0.4) is 0 Å². The molecule has 0 heterocycles. The number of hydrogen-bond donors (Lipinski definition) is 0. The van der Waals surface area contributed by atoms with E-state index in [4.69, 9.17) is 0 Å². The van der Waals surface area contributed by atoms with E-state index in [0.29, 0.717) is 25.7 Å². The Morgan fingerprint density at radius 1 is 0.643 bits per heavy atom. The van der Waals surface area contributed by atoms with Gasteiger partial charge in [0.15, 0.2) is 0 Å². The molecule has 80 valence electrons. The van der Waals surface area contributed by atoms with Crippen molar-refractivity contribution in [2.45, 2.75) is 63.7 Å². The van der Waals surface area contributed by atoms with Gasteiger partial charge in [-0.05, 0) is 42.9 Å². The van der Waals surface area contributed by atoms with E-state index < -0.39 is 11.3 Å². The second-order valence-corrected chi connectivity index (χ2v) is 6.98. The van der Waals surface area contributed by atoms with Crippen molar-refractivity contribution >= 4 is 0 Å². The Hall–Kier alpha value is -0.140. The maximum atomic E-state index is 14.4. The zero-order valence-corrected chi connectivity index (χ0v) is 9.00. The van der Waals surface area contributed by atoms with E-state index in [2.05, 4.69) is 13.8 Å². The summed E-state index contributed by atoms with van der Waals surface area (Å²) in [7, 11) is 0. The van der Waals surface area contributed by atoms with E-state index in [1.807, 2.05) is 0 Å². The third-order valence-corrected chi connectivity index (χ3v) is 4.46. The van der Waals surface area contributed by atoms with Crippen LogP contribution in [-0.4, -0.2) is 11.3 Å². The topological polar surface area (TPSA) is 0 Å². The van der Waals surface area contributed by atoms with Gasteiger partial charge in [-0.2, -0.15) is 0 Å². The summed E-state index contributed by atoms with van der Waals surface area (Å²) in [4.78, 5) is 0. The summed E-state index contributed by atoms with van der Waals surface area (Å²) in [6, 6.07) is 0. The van der Waals surface area contributed by atoms with Crippen molar-refractivity contribution in [2.24, 2.45) is 10.8 Å². The van der Waals surface area contributed by atoms with E-state index in [9.17, 15) is 8.78 Å². The molecule has 4 rings (SSSR count). The first kappa shape index (κ1) is 9.11. The molecule has 0 aliphatic heterocycles. The molecule has 4 saturated carbocycles. The van der Waals surface area contributed by atoms with Crippen LogP contribution in [0.2, 0.25) is 0 Å². The highest BCUT2D eigenvalue weighted by atomic mass is 19.2. The highest BCUT2D eigenvalue weighted by molar-refractivity contribution is 5.17. The molecule has 4 bridgehead atoms. The zero-order chi connectivity index (χ0) is 10.2. The summed E-state index contributed by atoms with van der Waals surface area (Å²) in [6.07, 6.45) is 3.59. The smallest absolute Gasteiger partial charge is 0.115 e. The van der Waals surface area contributed by atoms with E-state index >= 15 is 0 Å². The van der Waals surface area contributed by atoms with Crippen LogP contribution in [-0.2, 0) is 0 Å². The molecule has 4 aliphatic carbocycles. The number of halogens is 2. The molecule has 4 aliphatic rings. The van der Waals surface area contributed by atoms with Gasteiger partial charge in [0.2, 0.25) is 0 Å². The monoisotopic (exact) mass is 200 g/mol. The molecule has 0 spiro atoms. The van der Waals surface area contributed by atoms with Crippen LogP contribution in [0.4, 0.5) is 8.78 Å². The second kappa shape index (κ2) is 2.03. The van der Waals surface area contributed by atoms with E-state index in [1.165, 1.54) is 0 Å². The molecular formula is C12H18F2. The van der Waals surface area contributed by atoms with Gasteiger partial charge in [-0.3, -0.25) is 0 Å². The molecular weight excluding hydrogens is 182 g/mol. The predicted octanol–water partition coefficient (Wildman–Crippen LogP) is 3.80. The molecule has 0 nitrogen and oxygen atoms in total. The molecule has 0 unspecified atom stereocenters. The quantitative estimate of drug-likeness (QED) is 0.558. The Kier molecular flexibility index (Phi) is 1.32. The number of hydrogen-bond acceptors (Lipinski definition) is 0. The maximum Gasteiger partial charge on any atom is 0.115 e. The largest absolute Gasteiger partial charge is 0.244 e. The summed E-state index contributed by atoms with van der Waals surface area (Å²) >= 11 is 0. The zero-order valence-electron chi connectivity index (χ0n) is 9.00. The predicted molar refractivity (Wildman–Crippen MR) is 51.6 cm³/mol. The first-order valence-corrected chi connectivity index (χ1v) is 5.62. The van der Waals surface area contributed by atoms with Crippen molar-refractivity contribution in [1.29, 1.82) is 0 Å². The molecule has 14 heavy (non-hydrogen) atoms. The van der Waals surface area contributed by atoms with Crippen molar-refractivity contribution in [1.82, 2.24) is 0 Å². The Bertz CT molecular complexity index is 201. The molecule has 0 saturated heterocycles. The lowest BCUT2D eigenvalue weighted by atomic mass is 9.43. The molecule has 2 heteroatoms. The summed E-state index contributed by atoms with van der Waals surface area (Å²) in [5.41, 5.74) is -2.50. The Labute approximate surface area is 84.1 Å². The van der Waals surface area contributed by atoms with Crippen molar-refractivity contribution in [3.63, 3.8) is 0 Å². The lowest BCUT2D eigenvalue weighted by molar-refractivity contribution is -0.201. The fraction of sp³-hybridized carbons (Fsp3) is 1.00. The van der Waals surface area contributed by atoms with Crippen molar-refractivity contribution in [3.05, 3.63) is 0 Å². The van der Waals surface area contributed by atoms with Crippen LogP contribution in [0.5, 0.6) is 0 Å². The Balaban J connectivity index is 2.08. The van der Waals surface area contributed by atoms with Gasteiger partial charge >= 0.3 is 0 Å². The Morgan fingerprint density at radius 3 is 1.29 bits per heavy atom. The minimum absolute atomic E-state index is 0.0625. The maximum absolute atomic E-state index is 14.4. The average Bonchev–Trinajstić information content (AvgIpc) is 1.67. The fourth-order valence-corrected chi connectivity index (χ4v) is 5.41. The minimum Gasteiger partial charge on any atom is -0.244 e. The lowest BCUT2D eigenvalue weighted by Gasteiger charge is -2.64. The molecule has 0 amide bonds. The van der Waals surface area contributed by atoms with Gasteiger partial charge in [0.1, 0.15) is 11.3 Å². The minimum atomic E-state index is -1.19. The molecule has 0 aromatic rings. The van der Waals surface area contributed by atoms with Crippen molar-refractivity contribution in [2.75, 3.05) is 0 Å². The molecule has 0 N–H and O–H groups in total. The molecule has 0 atom stereocenters. The third-order valence-electron chi connectivity index (χ3n) is 4.46. The molecule has 0 aromatic heterocycles. The summed E-state index contributed by atoms with van der Waals surface area (Å²) in [5, 5.41) is 0. The standard InChI is InChI=1S/C12H18F2/c1-9-3-10(2)6-11(13,4-9)8-12(14,5-9)7-10/h3-8H2,1-2H3. The van der Waals surface area contributed by atoms with E-state index in [1.54, 1.807) is 0 Å². The number of rotatable bonds is 0. The highest BCUT2D eigenvalue weighted by Gasteiger charge is 2.66. The number of alkyl halides is 2. The van der Waals surface area contributed by atoms with Crippen LogP contribution < -0.4 is 0 Å². The van der Waals surface area contributed by atoms with Gasteiger partial charge < -0.3 is 0 Å². The normalized spacial score (nSPS) is 66.0. The van der Waals surface area contributed by atoms with Gasteiger partial charge in [0, 0.05) is 6.42 Å². The van der Waals surface area contributed by atoms with Crippen LogP contribution in [0, 0.1) is 10.8 Å². The molecule has 0 aromatic carbocycles. The summed E-state index contributed by atoms with van der Waals surface area (Å²) < 4.78 is 28.8. The van der Waals surface area contributed by atoms with Crippen LogP contribution in [0.15, 0.2) is 0 Å². The van der Waals surface area contributed by atoms with E-state index in [-0.39, 0.29) is 17.3 Å². The fourth-order valence-electron chi connectivity index (χ4n) is 5.41. The van der Waals surface area contributed by atoms with Crippen molar-refractivity contribution < 1.29 is 8.78 Å². The van der Waals surface area contributed by atoms with Gasteiger partial charge in [0.05, 0.1) is 0 Å². The van der Waals surface area contributed by atoms with E-state index in [0.717, 1.165) is 6.42 Å². The van der Waals surface area contributed by atoms with Gasteiger partial charge in [-0.1, -0.05) is 13.8 Å². The highest BCUT2D eigenvalue weighted by Crippen LogP contribution is 2.69. The van der Waals surface area contributed by atoms with Crippen LogP contribution >= 0.6 is 0 Å². The average molecular weight is 200 g/mol. The van der Waals surface area contributed by atoms with Gasteiger partial charge in [-0.15, -0.1) is 0 Å². The van der Waals surface area contributed by atoms with Gasteiger partial charge in [0.25, 0.3) is 0 Å². The second-order valence-electron chi connectivity index (χ2n) is 6.98. The van der Waals surface area contributed by atoms with Crippen LogP contribution in [0.25, 0.3) is 0 Å². The SMILES string of the molecule is CC12CC3(C)CC(F)(C1)CC(F)(C2)C3. The molecule has 0 radical (unpaired) electrons. The Morgan fingerprint density at radius 2 is 1.00 bits per heavy atom. The summed E-state index contributed by atoms with van der Waals surface area (Å²) in [5.74, 6) is 0. The van der Waals surface area contributed by atoms with Gasteiger partial charge in [-0.25, -0.2) is 8.78 Å².